The lowest BCUT2D eigenvalue weighted by molar-refractivity contribution is -0.134. The number of hydrogen-bond donors (Lipinski definition) is 1. The van der Waals surface area contributed by atoms with Gasteiger partial charge in [-0.2, -0.15) is 0 Å². The Morgan fingerprint density at radius 3 is 2.39 bits per heavy atom. The van der Waals surface area contributed by atoms with Crippen LogP contribution < -0.4 is 10.6 Å². The van der Waals surface area contributed by atoms with Crippen LogP contribution in [0.2, 0.25) is 5.02 Å². The van der Waals surface area contributed by atoms with Gasteiger partial charge in [-0.05, 0) is 17.7 Å². The summed E-state index contributed by atoms with van der Waals surface area (Å²) in [5, 5.41) is 0.520. The molecule has 5 nitrogen and oxygen atoms in total. The van der Waals surface area contributed by atoms with E-state index in [4.69, 9.17) is 17.3 Å². The number of para-hydroxylation sites is 1. The fourth-order valence-electron chi connectivity index (χ4n) is 4.10. The van der Waals surface area contributed by atoms with Crippen LogP contribution in [0.3, 0.4) is 0 Å². The first kappa shape index (κ1) is 20.6. The minimum absolute atomic E-state index is 0. The number of nitrogens with two attached hydrogens (primary N) is 1. The summed E-state index contributed by atoms with van der Waals surface area (Å²) < 4.78 is 0. The van der Waals surface area contributed by atoms with Crippen LogP contribution in [0.4, 0.5) is 5.69 Å². The van der Waals surface area contributed by atoms with Crippen LogP contribution in [0.25, 0.3) is 0 Å². The van der Waals surface area contributed by atoms with Crippen molar-refractivity contribution in [3.8, 4) is 0 Å². The van der Waals surface area contributed by atoms with Gasteiger partial charge in [0.15, 0.2) is 0 Å². The minimum atomic E-state index is -0.351. The number of nitrogens with zero attached hydrogens (tertiary/aromatic N) is 2. The van der Waals surface area contributed by atoms with Gasteiger partial charge in [0.25, 0.3) is 0 Å². The molecule has 0 aromatic heterocycles. The number of benzene rings is 2. The lowest BCUT2D eigenvalue weighted by Gasteiger charge is -2.21. The topological polar surface area (TPSA) is 66.6 Å². The van der Waals surface area contributed by atoms with Crippen molar-refractivity contribution in [2.75, 3.05) is 24.5 Å². The summed E-state index contributed by atoms with van der Waals surface area (Å²) in [5.41, 5.74) is 8.13. The van der Waals surface area contributed by atoms with E-state index in [0.29, 0.717) is 30.3 Å². The molecule has 0 spiro atoms. The van der Waals surface area contributed by atoms with E-state index < -0.39 is 0 Å². The van der Waals surface area contributed by atoms with Gasteiger partial charge in [-0.3, -0.25) is 9.59 Å². The van der Waals surface area contributed by atoms with E-state index in [2.05, 4.69) is 12.1 Å². The van der Waals surface area contributed by atoms with Crippen molar-refractivity contribution in [2.24, 2.45) is 11.7 Å². The lowest BCUT2D eigenvalue weighted by atomic mass is 9.95. The molecule has 2 aliphatic rings. The first-order chi connectivity index (χ1) is 13.0. The Kier molecular flexibility index (Phi) is 6.28. The number of carbonyl (C=O) groups excluding carboxylic acids is 2. The van der Waals surface area contributed by atoms with Gasteiger partial charge in [0.2, 0.25) is 11.8 Å². The summed E-state index contributed by atoms with van der Waals surface area (Å²) in [7, 11) is 0. The van der Waals surface area contributed by atoms with Crippen LogP contribution in [0, 0.1) is 5.92 Å². The third-order valence-electron chi connectivity index (χ3n) is 5.52. The van der Waals surface area contributed by atoms with E-state index in [9.17, 15) is 9.59 Å². The smallest absolute Gasteiger partial charge is 0.228 e. The van der Waals surface area contributed by atoms with Crippen LogP contribution in [0.1, 0.15) is 17.9 Å². The molecule has 0 bridgehead atoms. The summed E-state index contributed by atoms with van der Waals surface area (Å²) in [6, 6.07) is 17.2. The molecule has 28 heavy (non-hydrogen) atoms. The average molecular weight is 420 g/mol. The molecule has 2 aromatic rings. The molecule has 2 heterocycles. The van der Waals surface area contributed by atoms with E-state index in [-0.39, 0.29) is 48.5 Å². The molecular formula is C21H23Cl2N3O2. The third kappa shape index (κ3) is 3.88. The number of hydrogen-bond acceptors (Lipinski definition) is 3. The molecule has 2 aliphatic heterocycles. The van der Waals surface area contributed by atoms with Gasteiger partial charge in [0.05, 0.1) is 16.6 Å². The molecule has 1 unspecified atom stereocenters. The van der Waals surface area contributed by atoms with Gasteiger partial charge >= 0.3 is 0 Å². The quantitative estimate of drug-likeness (QED) is 0.830. The number of halogens is 2. The number of likely N-dealkylation sites (tertiary alicyclic amines) is 1. The Balaban J connectivity index is 0.00000225. The summed E-state index contributed by atoms with van der Waals surface area (Å²) >= 11 is 6.22. The molecule has 3 atom stereocenters. The van der Waals surface area contributed by atoms with Crippen LogP contribution in [-0.4, -0.2) is 42.4 Å². The van der Waals surface area contributed by atoms with Crippen molar-refractivity contribution in [2.45, 2.75) is 18.4 Å². The average Bonchev–Trinajstić information content (AvgIpc) is 3.25. The van der Waals surface area contributed by atoms with Crippen molar-refractivity contribution in [3.05, 3.63) is 65.2 Å². The number of anilines is 1. The zero-order valence-electron chi connectivity index (χ0n) is 15.3. The van der Waals surface area contributed by atoms with Gasteiger partial charge in [-0.25, -0.2) is 0 Å². The number of rotatable bonds is 3. The van der Waals surface area contributed by atoms with E-state index in [1.807, 2.05) is 41.3 Å². The highest BCUT2D eigenvalue weighted by Gasteiger charge is 2.41. The maximum atomic E-state index is 13.0. The van der Waals surface area contributed by atoms with Crippen LogP contribution >= 0.6 is 24.0 Å². The number of amides is 2. The van der Waals surface area contributed by atoms with E-state index in [1.54, 1.807) is 11.0 Å². The second kappa shape index (κ2) is 8.52. The van der Waals surface area contributed by atoms with Crippen molar-refractivity contribution in [3.63, 3.8) is 0 Å². The van der Waals surface area contributed by atoms with Crippen LogP contribution in [-0.2, 0) is 9.59 Å². The normalized spacial score (nSPS) is 24.4. The monoisotopic (exact) mass is 419 g/mol. The Bertz CT molecular complexity index is 862. The van der Waals surface area contributed by atoms with E-state index in [0.717, 1.165) is 5.56 Å². The third-order valence-corrected chi connectivity index (χ3v) is 5.84. The zero-order chi connectivity index (χ0) is 19.0. The maximum absolute atomic E-state index is 13.0. The predicted molar refractivity (Wildman–Crippen MR) is 113 cm³/mol. The van der Waals surface area contributed by atoms with Gasteiger partial charge in [-0.15, -0.1) is 12.4 Å². The molecule has 2 N–H and O–H groups in total. The molecule has 0 radical (unpaired) electrons. The Labute approximate surface area is 175 Å². The highest BCUT2D eigenvalue weighted by molar-refractivity contribution is 6.33. The van der Waals surface area contributed by atoms with E-state index >= 15 is 0 Å². The molecule has 148 valence electrons. The zero-order valence-corrected chi connectivity index (χ0v) is 16.9. The summed E-state index contributed by atoms with van der Waals surface area (Å²) in [5.74, 6) is -0.279. The first-order valence-electron chi connectivity index (χ1n) is 9.19. The molecule has 4 rings (SSSR count). The Morgan fingerprint density at radius 1 is 1.00 bits per heavy atom. The Hall–Kier alpha value is -2.08. The molecule has 2 saturated heterocycles. The molecule has 0 saturated carbocycles. The second-order valence-corrected chi connectivity index (χ2v) is 7.69. The molecule has 2 amide bonds. The van der Waals surface area contributed by atoms with E-state index in [1.165, 1.54) is 0 Å². The first-order valence-corrected chi connectivity index (χ1v) is 9.56. The van der Waals surface area contributed by atoms with Gasteiger partial charge in [0.1, 0.15) is 0 Å². The van der Waals surface area contributed by atoms with Crippen molar-refractivity contribution < 1.29 is 9.59 Å². The highest BCUT2D eigenvalue weighted by atomic mass is 35.5. The largest absolute Gasteiger partial charge is 0.340 e. The maximum Gasteiger partial charge on any atom is 0.228 e. The molecule has 7 heteroatoms. The standard InChI is InChI=1S/C21H22ClN3O2.ClH/c22-17-8-4-5-9-19(17)25-11-15(10-20(25)26)21(27)24-12-16(18(23)13-24)14-6-2-1-3-7-14;/h1-9,15-16,18H,10-13,23H2;1H/t15?,16-,18+;/m0./s1. The molecule has 0 aliphatic carbocycles. The predicted octanol–water partition coefficient (Wildman–Crippen LogP) is 3.07. The number of carbonyl (C=O) groups is 2. The van der Waals surface area contributed by atoms with Gasteiger partial charge in [-0.1, -0.05) is 54.1 Å². The van der Waals surface area contributed by atoms with Crippen molar-refractivity contribution >= 4 is 41.5 Å². The van der Waals surface area contributed by atoms with Crippen LogP contribution in [0.5, 0.6) is 0 Å². The fraction of sp³-hybridized carbons (Fsp3) is 0.333. The second-order valence-electron chi connectivity index (χ2n) is 7.28. The van der Waals surface area contributed by atoms with Crippen molar-refractivity contribution in [1.29, 1.82) is 0 Å². The minimum Gasteiger partial charge on any atom is -0.340 e. The summed E-state index contributed by atoms with van der Waals surface area (Å²) in [4.78, 5) is 29.0. The fourth-order valence-corrected chi connectivity index (χ4v) is 4.33. The SMILES string of the molecule is Cl.N[C@@H]1CN(C(=O)C2CC(=O)N(c3ccccc3Cl)C2)C[C@H]1c1ccccc1. The highest BCUT2D eigenvalue weighted by Crippen LogP contribution is 2.33. The summed E-state index contributed by atoms with van der Waals surface area (Å²) in [6.45, 7) is 1.49. The molecule has 2 fully saturated rings. The van der Waals surface area contributed by atoms with Gasteiger partial charge < -0.3 is 15.5 Å². The Morgan fingerprint density at radius 2 is 1.68 bits per heavy atom. The molecule has 2 aromatic carbocycles. The molecular weight excluding hydrogens is 397 g/mol. The van der Waals surface area contributed by atoms with Crippen molar-refractivity contribution in [1.82, 2.24) is 4.90 Å². The van der Waals surface area contributed by atoms with Gasteiger partial charge in [0, 0.05) is 38.0 Å². The van der Waals surface area contributed by atoms with Crippen LogP contribution in [0.15, 0.2) is 54.6 Å². The lowest BCUT2D eigenvalue weighted by Crippen LogP contribution is -2.37. The summed E-state index contributed by atoms with van der Waals surface area (Å²) in [6.07, 6.45) is 0.214.